The maximum Gasteiger partial charge on any atom is 0.321 e. The van der Waals surface area contributed by atoms with Gasteiger partial charge < -0.3 is 24.9 Å². The molecule has 0 fully saturated rings. The van der Waals surface area contributed by atoms with Crippen molar-refractivity contribution in [3.8, 4) is 11.5 Å². The van der Waals surface area contributed by atoms with Gasteiger partial charge in [0.2, 0.25) is 0 Å². The summed E-state index contributed by atoms with van der Waals surface area (Å²) in [5, 5.41) is 13.9. The highest BCUT2D eigenvalue weighted by molar-refractivity contribution is 9.10. The molecule has 0 aliphatic rings. The van der Waals surface area contributed by atoms with Crippen LogP contribution in [-0.4, -0.2) is 29.2 Å². The second-order valence-electron chi connectivity index (χ2n) is 7.82. The zero-order chi connectivity index (χ0) is 24.1. The largest absolute Gasteiger partial charge is 0.493 e. The van der Waals surface area contributed by atoms with Crippen LogP contribution in [0.3, 0.4) is 0 Å². The molecule has 0 aliphatic heterocycles. The molecule has 0 bridgehead atoms. The van der Waals surface area contributed by atoms with Gasteiger partial charge in [0.15, 0.2) is 11.5 Å². The zero-order valence-electron chi connectivity index (χ0n) is 18.5. The number of halogens is 2. The van der Waals surface area contributed by atoms with Crippen LogP contribution in [0.5, 0.6) is 11.5 Å². The number of nitrogens with one attached hydrogen (secondary N) is 2. The monoisotopic (exact) mass is 526 g/mol. The van der Waals surface area contributed by atoms with Gasteiger partial charge in [0.1, 0.15) is 18.5 Å². The number of carboxylic acids is 1. The van der Waals surface area contributed by atoms with Crippen molar-refractivity contribution in [2.24, 2.45) is 0 Å². The topological polar surface area (TPSA) is 83.6 Å². The third kappa shape index (κ3) is 5.40. The predicted octanol–water partition coefficient (Wildman–Crippen LogP) is 5.44. The number of rotatable bonds is 10. The number of carbonyl (C=O) groups is 1. The summed E-state index contributed by atoms with van der Waals surface area (Å²) < 4.78 is 25.9. The normalized spacial score (nSPS) is 12.0. The van der Waals surface area contributed by atoms with Crippen molar-refractivity contribution < 1.29 is 23.8 Å². The number of methoxy groups -OCH3 is 1. The quantitative estimate of drug-likeness (QED) is 0.256. The lowest BCUT2D eigenvalue weighted by atomic mass is 10.0. The molecule has 6 nitrogen and oxygen atoms in total. The Bertz CT molecular complexity index is 1310. The molecule has 3 aromatic carbocycles. The maximum absolute atomic E-state index is 13.9. The van der Waals surface area contributed by atoms with Gasteiger partial charge >= 0.3 is 5.97 Å². The molecule has 0 amide bonds. The first kappa shape index (κ1) is 23.8. The van der Waals surface area contributed by atoms with Crippen molar-refractivity contribution in [3.05, 3.63) is 93.8 Å². The number of H-pyrrole nitrogens is 1. The predicted molar refractivity (Wildman–Crippen MR) is 132 cm³/mol. The number of hydrogen-bond donors (Lipinski definition) is 3. The molecule has 8 heteroatoms. The summed E-state index contributed by atoms with van der Waals surface area (Å²) in [6.07, 6.45) is 2.19. The third-order valence-corrected chi connectivity index (χ3v) is 6.16. The molecule has 176 valence electrons. The van der Waals surface area contributed by atoms with E-state index in [4.69, 9.17) is 9.47 Å². The molecule has 0 spiro atoms. The lowest BCUT2D eigenvalue weighted by Crippen LogP contribution is -2.38. The fourth-order valence-electron chi connectivity index (χ4n) is 3.79. The van der Waals surface area contributed by atoms with E-state index in [1.165, 1.54) is 13.2 Å². The van der Waals surface area contributed by atoms with Crippen molar-refractivity contribution in [2.75, 3.05) is 7.11 Å². The van der Waals surface area contributed by atoms with Crippen molar-refractivity contribution in [2.45, 2.75) is 25.6 Å². The lowest BCUT2D eigenvalue weighted by molar-refractivity contribution is -0.139. The Kier molecular flexibility index (Phi) is 7.49. The smallest absolute Gasteiger partial charge is 0.321 e. The average molecular weight is 527 g/mol. The second-order valence-corrected chi connectivity index (χ2v) is 8.68. The highest BCUT2D eigenvalue weighted by atomic mass is 79.9. The first-order chi connectivity index (χ1) is 16.5. The first-order valence-corrected chi connectivity index (χ1v) is 11.5. The van der Waals surface area contributed by atoms with Crippen LogP contribution in [0.25, 0.3) is 10.9 Å². The number of carboxylic acid groups (broad SMARTS) is 1. The summed E-state index contributed by atoms with van der Waals surface area (Å²) in [5.41, 5.74) is 3.16. The number of aliphatic carboxylic acids is 1. The third-order valence-electron chi connectivity index (χ3n) is 5.57. The van der Waals surface area contributed by atoms with Crippen molar-refractivity contribution in [1.29, 1.82) is 0 Å². The van der Waals surface area contributed by atoms with E-state index in [-0.39, 0.29) is 12.4 Å². The number of benzene rings is 3. The Morgan fingerprint density at radius 2 is 1.91 bits per heavy atom. The Morgan fingerprint density at radius 3 is 2.68 bits per heavy atom. The molecular formula is C26H24BrFN2O4. The molecule has 4 aromatic rings. The molecule has 1 heterocycles. The number of aromatic nitrogens is 1. The van der Waals surface area contributed by atoms with Gasteiger partial charge in [-0.05, 0) is 51.3 Å². The summed E-state index contributed by atoms with van der Waals surface area (Å²) in [6.45, 7) is 0.354. The molecule has 4 rings (SSSR count). The van der Waals surface area contributed by atoms with E-state index in [1.807, 2.05) is 36.5 Å². The molecular weight excluding hydrogens is 503 g/mol. The Hall–Kier alpha value is -3.36. The molecule has 0 aliphatic carbocycles. The highest BCUT2D eigenvalue weighted by Gasteiger charge is 2.20. The second kappa shape index (κ2) is 10.7. The molecule has 0 saturated carbocycles. The number of aromatic amines is 1. The zero-order valence-corrected chi connectivity index (χ0v) is 20.1. The van der Waals surface area contributed by atoms with Crippen LogP contribution in [0.1, 0.15) is 16.7 Å². The van der Waals surface area contributed by atoms with Crippen LogP contribution in [0.4, 0.5) is 4.39 Å². The fourth-order valence-corrected chi connectivity index (χ4v) is 4.39. The Labute approximate surface area is 204 Å². The fraction of sp³-hybridized carbons (Fsp3) is 0.192. The van der Waals surface area contributed by atoms with Crippen LogP contribution in [0, 0.1) is 5.82 Å². The maximum atomic E-state index is 13.9. The number of ether oxygens (including phenoxy) is 2. The highest BCUT2D eigenvalue weighted by Crippen LogP contribution is 2.37. The van der Waals surface area contributed by atoms with Gasteiger partial charge in [0.05, 0.1) is 11.6 Å². The molecule has 0 saturated heterocycles. The van der Waals surface area contributed by atoms with Crippen molar-refractivity contribution in [1.82, 2.24) is 10.3 Å². The van der Waals surface area contributed by atoms with E-state index in [2.05, 4.69) is 26.2 Å². The van der Waals surface area contributed by atoms with E-state index < -0.39 is 12.0 Å². The van der Waals surface area contributed by atoms with Crippen LogP contribution < -0.4 is 14.8 Å². The molecule has 3 N–H and O–H groups in total. The standard InChI is InChI=1S/C26H24BrFN2O4/c1-33-24-11-16(10-20(27)25(24)34-15-17-6-2-4-8-21(17)28)13-29-23(26(31)32)12-18-14-30-22-9-5-3-7-19(18)22/h2-11,14,23,29-30H,12-13,15H2,1H3,(H,31,32)/t23-/m1/s1. The van der Waals surface area contributed by atoms with E-state index in [0.717, 1.165) is 22.0 Å². The van der Waals surface area contributed by atoms with Gasteiger partial charge in [0.25, 0.3) is 0 Å². The number of hydrogen-bond acceptors (Lipinski definition) is 4. The minimum absolute atomic E-state index is 0.0466. The van der Waals surface area contributed by atoms with Gasteiger partial charge in [-0.3, -0.25) is 4.79 Å². The molecule has 0 radical (unpaired) electrons. The number of fused-ring (bicyclic) bond motifs is 1. The van der Waals surface area contributed by atoms with E-state index in [1.54, 1.807) is 24.3 Å². The SMILES string of the molecule is COc1cc(CN[C@H](Cc2c[nH]c3ccccc23)C(=O)O)cc(Br)c1OCc1ccccc1F. The Morgan fingerprint density at radius 1 is 1.15 bits per heavy atom. The number of para-hydroxylation sites is 1. The van der Waals surface area contributed by atoms with Crippen LogP contribution in [0.15, 0.2) is 71.3 Å². The van der Waals surface area contributed by atoms with Gasteiger partial charge in [-0.1, -0.05) is 36.4 Å². The summed E-state index contributed by atoms with van der Waals surface area (Å²) in [6, 6.07) is 17.0. The van der Waals surface area contributed by atoms with Crippen LogP contribution in [-0.2, 0) is 24.4 Å². The molecule has 0 unspecified atom stereocenters. The van der Waals surface area contributed by atoms with Gasteiger partial charge in [-0.2, -0.15) is 0 Å². The summed E-state index contributed by atoms with van der Waals surface area (Å²) in [7, 11) is 1.52. The van der Waals surface area contributed by atoms with Crippen molar-refractivity contribution >= 4 is 32.8 Å². The molecule has 34 heavy (non-hydrogen) atoms. The summed E-state index contributed by atoms with van der Waals surface area (Å²) in [4.78, 5) is 15.1. The van der Waals surface area contributed by atoms with Crippen LogP contribution in [0.2, 0.25) is 0 Å². The lowest BCUT2D eigenvalue weighted by Gasteiger charge is -2.17. The van der Waals surface area contributed by atoms with E-state index in [9.17, 15) is 14.3 Å². The average Bonchev–Trinajstić information content (AvgIpc) is 3.24. The Balaban J connectivity index is 1.46. The van der Waals surface area contributed by atoms with Gasteiger partial charge in [-0.25, -0.2) is 4.39 Å². The summed E-state index contributed by atoms with van der Waals surface area (Å²) in [5.74, 6) is -0.358. The molecule has 1 aromatic heterocycles. The van der Waals surface area contributed by atoms with E-state index >= 15 is 0 Å². The minimum atomic E-state index is -0.929. The van der Waals surface area contributed by atoms with Crippen molar-refractivity contribution in [3.63, 3.8) is 0 Å². The van der Waals surface area contributed by atoms with Gasteiger partial charge in [0, 0.05) is 35.6 Å². The summed E-state index contributed by atoms with van der Waals surface area (Å²) >= 11 is 3.50. The molecule has 1 atom stereocenters. The van der Waals surface area contributed by atoms with E-state index in [0.29, 0.717) is 34.5 Å². The minimum Gasteiger partial charge on any atom is -0.493 e. The van der Waals surface area contributed by atoms with Gasteiger partial charge in [-0.15, -0.1) is 0 Å². The van der Waals surface area contributed by atoms with Crippen LogP contribution >= 0.6 is 15.9 Å². The first-order valence-electron chi connectivity index (χ1n) is 10.7.